The minimum absolute atomic E-state index is 0.0948. The van der Waals surface area contributed by atoms with E-state index in [0.29, 0.717) is 18.7 Å². The predicted molar refractivity (Wildman–Crippen MR) is 96.3 cm³/mol. The molecular formula is C17H27N3O4S. The molecule has 0 aliphatic rings. The van der Waals surface area contributed by atoms with Crippen molar-refractivity contribution in [1.82, 2.24) is 15.2 Å². The first-order valence-electron chi connectivity index (χ1n) is 8.33. The molecule has 0 aliphatic carbocycles. The van der Waals surface area contributed by atoms with Crippen LogP contribution in [0.1, 0.15) is 50.0 Å². The van der Waals surface area contributed by atoms with Crippen molar-refractivity contribution in [3.63, 3.8) is 0 Å². The Morgan fingerprint density at radius 2 is 1.72 bits per heavy atom. The maximum atomic E-state index is 12.7. The summed E-state index contributed by atoms with van der Waals surface area (Å²) in [5.74, 6) is -0.693. The second-order valence-corrected chi connectivity index (χ2v) is 8.08. The van der Waals surface area contributed by atoms with Crippen molar-refractivity contribution in [2.75, 3.05) is 13.1 Å². The van der Waals surface area contributed by atoms with Crippen LogP contribution in [0.25, 0.3) is 0 Å². The smallest absolute Gasteiger partial charge is 0.269 e. The summed E-state index contributed by atoms with van der Waals surface area (Å²) >= 11 is 0. The normalized spacial score (nSPS) is 11.6. The molecular weight excluding hydrogens is 342 g/mol. The van der Waals surface area contributed by atoms with Crippen molar-refractivity contribution in [2.24, 2.45) is 5.92 Å². The summed E-state index contributed by atoms with van der Waals surface area (Å²) in [5, 5.41) is 0. The van der Waals surface area contributed by atoms with E-state index >= 15 is 0 Å². The topological polar surface area (TPSA) is 95.6 Å². The Bertz CT molecular complexity index is 725. The van der Waals surface area contributed by atoms with Crippen LogP contribution in [0.15, 0.2) is 23.1 Å². The first kappa shape index (κ1) is 21.1. The molecule has 140 valence electrons. The van der Waals surface area contributed by atoms with Gasteiger partial charge in [0, 0.05) is 25.1 Å². The van der Waals surface area contributed by atoms with Gasteiger partial charge in [-0.1, -0.05) is 33.8 Å². The Morgan fingerprint density at radius 3 is 2.24 bits per heavy atom. The quantitative estimate of drug-likeness (QED) is 0.717. The van der Waals surface area contributed by atoms with Crippen molar-refractivity contribution in [3.05, 3.63) is 29.3 Å². The van der Waals surface area contributed by atoms with Crippen molar-refractivity contribution < 1.29 is 18.0 Å². The standard InChI is InChI=1S/C17H27N3O4S/c1-6-20(7-2)25(23,24)15-11-14(9-8-13(15)5)17(22)19-18-16(21)10-12(3)4/h8-9,11-12H,6-7,10H2,1-5H3,(H,18,21)(H,19,22). The number of aryl methyl sites for hydroxylation is 1. The van der Waals surface area contributed by atoms with Crippen molar-refractivity contribution in [2.45, 2.75) is 45.9 Å². The summed E-state index contributed by atoms with van der Waals surface area (Å²) in [5.41, 5.74) is 5.37. The molecule has 1 rings (SSSR count). The summed E-state index contributed by atoms with van der Waals surface area (Å²) in [6.07, 6.45) is 0.287. The second-order valence-electron chi connectivity index (χ2n) is 6.17. The molecule has 0 unspecified atom stereocenters. The molecule has 0 radical (unpaired) electrons. The van der Waals surface area contributed by atoms with Crippen LogP contribution in [0.4, 0.5) is 0 Å². The van der Waals surface area contributed by atoms with E-state index in [1.807, 2.05) is 13.8 Å². The van der Waals surface area contributed by atoms with Gasteiger partial charge in [0.25, 0.3) is 5.91 Å². The van der Waals surface area contributed by atoms with Gasteiger partial charge in [0.1, 0.15) is 0 Å². The van der Waals surface area contributed by atoms with Gasteiger partial charge in [0.15, 0.2) is 0 Å². The molecule has 0 saturated carbocycles. The average Bonchev–Trinajstić information content (AvgIpc) is 2.53. The van der Waals surface area contributed by atoms with Crippen LogP contribution in [0.2, 0.25) is 0 Å². The van der Waals surface area contributed by atoms with Gasteiger partial charge in [-0.3, -0.25) is 20.4 Å². The van der Waals surface area contributed by atoms with Crippen molar-refractivity contribution in [3.8, 4) is 0 Å². The second kappa shape index (κ2) is 8.96. The number of benzene rings is 1. The zero-order valence-corrected chi connectivity index (χ0v) is 16.2. The fourth-order valence-electron chi connectivity index (χ4n) is 2.34. The molecule has 1 aromatic rings. The molecule has 0 aliphatic heterocycles. The van der Waals surface area contributed by atoms with Gasteiger partial charge in [-0.05, 0) is 30.5 Å². The lowest BCUT2D eigenvalue weighted by atomic mass is 10.1. The lowest BCUT2D eigenvalue weighted by molar-refractivity contribution is -0.122. The summed E-state index contributed by atoms with van der Waals surface area (Å²) in [7, 11) is -3.67. The number of carbonyl (C=O) groups excluding carboxylic acids is 2. The molecule has 0 heterocycles. The SMILES string of the molecule is CCN(CC)S(=O)(=O)c1cc(C(=O)NNC(=O)CC(C)C)ccc1C. The summed E-state index contributed by atoms with van der Waals surface area (Å²) in [6, 6.07) is 4.45. The van der Waals surface area contributed by atoms with Gasteiger partial charge >= 0.3 is 0 Å². The van der Waals surface area contributed by atoms with E-state index in [4.69, 9.17) is 0 Å². The Labute approximate surface area is 149 Å². The van der Waals surface area contributed by atoms with Gasteiger partial charge in [-0.2, -0.15) is 4.31 Å². The van der Waals surface area contributed by atoms with Crippen LogP contribution in [-0.4, -0.2) is 37.6 Å². The highest BCUT2D eigenvalue weighted by Crippen LogP contribution is 2.21. The van der Waals surface area contributed by atoms with Crippen LogP contribution in [-0.2, 0) is 14.8 Å². The van der Waals surface area contributed by atoms with Gasteiger partial charge < -0.3 is 0 Å². The number of hydrogen-bond donors (Lipinski definition) is 2. The Hall–Kier alpha value is -1.93. The molecule has 0 fully saturated rings. The number of hydrogen-bond acceptors (Lipinski definition) is 4. The van der Waals surface area contributed by atoms with Crippen LogP contribution in [0.5, 0.6) is 0 Å². The number of nitrogens with one attached hydrogen (secondary N) is 2. The number of carbonyl (C=O) groups is 2. The third-order valence-corrected chi connectivity index (χ3v) is 5.87. The molecule has 2 N–H and O–H groups in total. The lowest BCUT2D eigenvalue weighted by Crippen LogP contribution is -2.42. The highest BCUT2D eigenvalue weighted by molar-refractivity contribution is 7.89. The van der Waals surface area contributed by atoms with Crippen molar-refractivity contribution >= 4 is 21.8 Å². The lowest BCUT2D eigenvalue weighted by Gasteiger charge is -2.20. The zero-order valence-electron chi connectivity index (χ0n) is 15.4. The van der Waals surface area contributed by atoms with Gasteiger partial charge in [-0.25, -0.2) is 8.42 Å². The number of nitrogens with zero attached hydrogens (tertiary/aromatic N) is 1. The maximum Gasteiger partial charge on any atom is 0.269 e. The van der Waals surface area contributed by atoms with E-state index in [-0.39, 0.29) is 28.7 Å². The molecule has 25 heavy (non-hydrogen) atoms. The zero-order chi connectivity index (χ0) is 19.2. The maximum absolute atomic E-state index is 12.7. The number of hydrazine groups is 1. The Balaban J connectivity index is 3.01. The molecule has 0 bridgehead atoms. The van der Waals surface area contributed by atoms with E-state index in [0.717, 1.165) is 0 Å². The van der Waals surface area contributed by atoms with Crippen LogP contribution < -0.4 is 10.9 Å². The Morgan fingerprint density at radius 1 is 1.12 bits per heavy atom. The monoisotopic (exact) mass is 369 g/mol. The minimum atomic E-state index is -3.67. The third-order valence-electron chi connectivity index (χ3n) is 3.68. The minimum Gasteiger partial charge on any atom is -0.273 e. The van der Waals surface area contributed by atoms with E-state index in [9.17, 15) is 18.0 Å². The fraction of sp³-hybridized carbons (Fsp3) is 0.529. The average molecular weight is 369 g/mol. The molecule has 2 amide bonds. The van der Waals surface area contributed by atoms with Gasteiger partial charge in [-0.15, -0.1) is 0 Å². The van der Waals surface area contributed by atoms with Crippen molar-refractivity contribution in [1.29, 1.82) is 0 Å². The molecule has 0 saturated heterocycles. The van der Waals surface area contributed by atoms with E-state index < -0.39 is 15.9 Å². The van der Waals surface area contributed by atoms with Crippen LogP contribution in [0, 0.1) is 12.8 Å². The summed E-state index contributed by atoms with van der Waals surface area (Å²) in [6.45, 7) is 9.69. The first-order chi connectivity index (χ1) is 11.6. The fourth-order valence-corrected chi connectivity index (χ4v) is 4.05. The van der Waals surface area contributed by atoms with Gasteiger partial charge in [0.05, 0.1) is 4.90 Å². The molecule has 0 spiro atoms. The number of rotatable bonds is 7. The Kier molecular flexibility index (Phi) is 7.57. The van der Waals surface area contributed by atoms with Crippen LogP contribution in [0.3, 0.4) is 0 Å². The first-order valence-corrected chi connectivity index (χ1v) is 9.77. The molecule has 0 aromatic heterocycles. The third kappa shape index (κ3) is 5.54. The molecule has 1 aromatic carbocycles. The number of sulfonamides is 1. The predicted octanol–water partition coefficient (Wildman–Crippen LogP) is 1.83. The largest absolute Gasteiger partial charge is 0.273 e. The number of amides is 2. The molecule has 0 atom stereocenters. The summed E-state index contributed by atoms with van der Waals surface area (Å²) in [4.78, 5) is 23.9. The molecule has 7 nitrogen and oxygen atoms in total. The van der Waals surface area contributed by atoms with Gasteiger partial charge in [0.2, 0.25) is 15.9 Å². The highest BCUT2D eigenvalue weighted by atomic mass is 32.2. The van der Waals surface area contributed by atoms with E-state index in [1.54, 1.807) is 26.8 Å². The van der Waals surface area contributed by atoms with E-state index in [2.05, 4.69) is 10.9 Å². The van der Waals surface area contributed by atoms with Crippen LogP contribution >= 0.6 is 0 Å². The van der Waals surface area contributed by atoms with E-state index in [1.165, 1.54) is 16.4 Å². The summed E-state index contributed by atoms with van der Waals surface area (Å²) < 4.78 is 26.7. The highest BCUT2D eigenvalue weighted by Gasteiger charge is 2.24. The molecule has 8 heteroatoms.